The predicted molar refractivity (Wildman–Crippen MR) is 244 cm³/mol. The van der Waals surface area contributed by atoms with Crippen molar-refractivity contribution < 1.29 is 0 Å². The van der Waals surface area contributed by atoms with Crippen LogP contribution in [0.5, 0.6) is 0 Å². The van der Waals surface area contributed by atoms with Crippen molar-refractivity contribution in [2.45, 2.75) is 62.2 Å². The number of rotatable bonds is 2. The van der Waals surface area contributed by atoms with Gasteiger partial charge in [-0.05, 0) is 173 Å². The first-order valence-corrected chi connectivity index (χ1v) is 22.7. The molecule has 8 aliphatic rings. The highest BCUT2D eigenvalue weighted by molar-refractivity contribution is 7.00. The lowest BCUT2D eigenvalue weighted by atomic mass is 9.33. The van der Waals surface area contributed by atoms with E-state index in [4.69, 9.17) is 0 Å². The number of para-hydroxylation sites is 2. The smallest absolute Gasteiger partial charge is 0.252 e. The molecule has 0 N–H and O–H groups in total. The second-order valence-corrected chi connectivity index (χ2v) is 19.3. The number of nitrogens with zero attached hydrogens (tertiary/aromatic N) is 2. The van der Waals surface area contributed by atoms with Crippen molar-refractivity contribution >= 4 is 57.2 Å². The van der Waals surface area contributed by atoms with Crippen molar-refractivity contribution in [2.75, 3.05) is 9.80 Å². The zero-order chi connectivity index (χ0) is 38.2. The maximum Gasteiger partial charge on any atom is 0.252 e. The van der Waals surface area contributed by atoms with Crippen molar-refractivity contribution in [2.24, 2.45) is 23.7 Å². The van der Waals surface area contributed by atoms with Crippen LogP contribution in [0.4, 0.5) is 34.1 Å². The van der Waals surface area contributed by atoms with Crippen LogP contribution in [-0.4, -0.2) is 6.71 Å². The van der Waals surface area contributed by atoms with E-state index in [1.165, 1.54) is 124 Å². The number of anilines is 6. The molecule has 2 nitrogen and oxygen atoms in total. The topological polar surface area (TPSA) is 6.48 Å². The highest BCUT2D eigenvalue weighted by Crippen LogP contribution is 2.70. The van der Waals surface area contributed by atoms with E-state index < -0.39 is 0 Å². The molecule has 0 unspecified atom stereocenters. The normalized spacial score (nSPS) is 27.5. The van der Waals surface area contributed by atoms with Gasteiger partial charge in [-0.2, -0.15) is 0 Å². The van der Waals surface area contributed by atoms with E-state index in [-0.39, 0.29) is 17.5 Å². The average Bonchev–Trinajstić information content (AvgIpc) is 4.15. The second-order valence-electron chi connectivity index (χ2n) is 19.3. The molecule has 15 rings (SSSR count). The SMILES string of the molecule is c1ccc(N2c3cccc4c3B(c3ccccc3N4c3ccc4c(c3)-c3ccccc3C43C4CCC3CC4)c3ccc4c(c32)-c2ccccc2C42C3CCC2CC3)cc1. The lowest BCUT2D eigenvalue weighted by molar-refractivity contribution is 0.400. The summed E-state index contributed by atoms with van der Waals surface area (Å²) in [6.07, 6.45) is 10.9. The largest absolute Gasteiger partial charge is 0.311 e. The van der Waals surface area contributed by atoms with E-state index in [1.807, 2.05) is 0 Å². The summed E-state index contributed by atoms with van der Waals surface area (Å²) >= 11 is 0. The van der Waals surface area contributed by atoms with Gasteiger partial charge in [0.05, 0.1) is 0 Å². The first-order chi connectivity index (χ1) is 29.3. The van der Waals surface area contributed by atoms with Crippen molar-refractivity contribution in [1.29, 1.82) is 0 Å². The molecular weight excluding hydrogens is 711 g/mol. The fourth-order valence-electron chi connectivity index (χ4n) is 15.8. The third kappa shape index (κ3) is 3.60. The second kappa shape index (κ2) is 11.1. The van der Waals surface area contributed by atoms with Gasteiger partial charge in [-0.3, -0.25) is 0 Å². The van der Waals surface area contributed by atoms with Gasteiger partial charge < -0.3 is 9.80 Å². The summed E-state index contributed by atoms with van der Waals surface area (Å²) in [6, 6.07) is 59.6. The molecule has 7 aromatic rings. The van der Waals surface area contributed by atoms with Crippen LogP contribution in [0, 0.1) is 23.7 Å². The zero-order valence-corrected chi connectivity index (χ0v) is 33.4. The van der Waals surface area contributed by atoms with Gasteiger partial charge in [0.15, 0.2) is 0 Å². The van der Waals surface area contributed by atoms with Gasteiger partial charge in [0.1, 0.15) is 0 Å². The molecule has 4 bridgehead atoms. The van der Waals surface area contributed by atoms with Gasteiger partial charge in [0.2, 0.25) is 0 Å². The molecule has 2 aliphatic heterocycles. The van der Waals surface area contributed by atoms with Crippen LogP contribution in [0.15, 0.2) is 152 Å². The van der Waals surface area contributed by atoms with E-state index in [0.29, 0.717) is 0 Å². The molecule has 2 heterocycles. The molecule has 3 heteroatoms. The number of hydrogen-bond donors (Lipinski definition) is 0. The Kier molecular flexibility index (Phi) is 6.02. The monoisotopic (exact) mass is 756 g/mol. The van der Waals surface area contributed by atoms with Crippen molar-refractivity contribution in [3.63, 3.8) is 0 Å². The molecule has 4 fully saturated rings. The molecule has 2 spiro atoms. The van der Waals surface area contributed by atoms with E-state index >= 15 is 0 Å². The van der Waals surface area contributed by atoms with Crippen LogP contribution in [0.1, 0.15) is 73.6 Å². The third-order valence-electron chi connectivity index (χ3n) is 17.6. The molecule has 0 amide bonds. The van der Waals surface area contributed by atoms with Crippen LogP contribution in [0.3, 0.4) is 0 Å². The average molecular weight is 757 g/mol. The maximum atomic E-state index is 2.67. The highest BCUT2D eigenvalue weighted by atomic mass is 15.2. The van der Waals surface area contributed by atoms with Crippen molar-refractivity contribution in [3.8, 4) is 22.3 Å². The first kappa shape index (κ1) is 32.1. The third-order valence-corrected chi connectivity index (χ3v) is 17.6. The molecule has 4 saturated carbocycles. The number of hydrogen-bond acceptors (Lipinski definition) is 2. The van der Waals surface area contributed by atoms with Crippen LogP contribution in [0.2, 0.25) is 0 Å². The quantitative estimate of drug-likeness (QED) is 0.162. The molecule has 59 heavy (non-hydrogen) atoms. The predicted octanol–water partition coefficient (Wildman–Crippen LogP) is 11.9. The minimum Gasteiger partial charge on any atom is -0.311 e. The molecular formula is C56H45BN2. The van der Waals surface area contributed by atoms with Crippen molar-refractivity contribution in [1.82, 2.24) is 0 Å². The zero-order valence-electron chi connectivity index (χ0n) is 33.4. The fourth-order valence-corrected chi connectivity index (χ4v) is 15.8. The molecule has 7 aromatic carbocycles. The van der Waals surface area contributed by atoms with E-state index in [0.717, 1.165) is 23.7 Å². The van der Waals surface area contributed by atoms with E-state index in [1.54, 1.807) is 22.3 Å². The Labute approximate surface area is 347 Å². The molecule has 0 aromatic heterocycles. The van der Waals surface area contributed by atoms with E-state index in [2.05, 4.69) is 161 Å². The minimum atomic E-state index is 0.116. The minimum absolute atomic E-state index is 0.116. The summed E-state index contributed by atoms with van der Waals surface area (Å²) in [7, 11) is 0. The molecule has 6 aliphatic carbocycles. The number of fused-ring (bicyclic) bond motifs is 11. The Hall–Kier alpha value is -5.80. The first-order valence-electron chi connectivity index (χ1n) is 22.7. The maximum absolute atomic E-state index is 2.67. The summed E-state index contributed by atoms with van der Waals surface area (Å²) in [5, 5.41) is 0. The summed E-state index contributed by atoms with van der Waals surface area (Å²) in [6.45, 7) is 0.116. The summed E-state index contributed by atoms with van der Waals surface area (Å²) < 4.78 is 0. The van der Waals surface area contributed by atoms with Gasteiger partial charge in [0.25, 0.3) is 6.71 Å². The Morgan fingerprint density at radius 1 is 0.390 bits per heavy atom. The Balaban J connectivity index is 0.988. The van der Waals surface area contributed by atoms with Crippen molar-refractivity contribution in [3.05, 3.63) is 174 Å². The summed E-state index contributed by atoms with van der Waals surface area (Å²) in [5.41, 5.74) is 24.6. The van der Waals surface area contributed by atoms with E-state index in [9.17, 15) is 0 Å². The Morgan fingerprint density at radius 2 is 0.932 bits per heavy atom. The molecule has 282 valence electrons. The Bertz CT molecular complexity index is 2940. The van der Waals surface area contributed by atoms with Gasteiger partial charge in [-0.1, -0.05) is 109 Å². The molecule has 0 saturated heterocycles. The van der Waals surface area contributed by atoms with Crippen LogP contribution in [0.25, 0.3) is 22.3 Å². The lowest BCUT2D eigenvalue weighted by Crippen LogP contribution is -2.61. The summed E-state index contributed by atoms with van der Waals surface area (Å²) in [4.78, 5) is 5.28. The van der Waals surface area contributed by atoms with Gasteiger partial charge in [-0.25, -0.2) is 0 Å². The molecule has 0 atom stereocenters. The highest BCUT2D eigenvalue weighted by Gasteiger charge is 2.62. The standard InChI is InChI=1S/C56H45BN2/c1-2-11-38(12-3-1)59-51-20-10-19-50-53(51)57(48-32-31-46-52(54(48)59)41-14-5-7-16-44(41)56(46)36-25-26-37(56)28-27-36)47-17-8-9-18-49(47)58(50)39-29-30-45-42(33-39)40-13-4-6-15-43(40)55(45)34-21-22-35(55)24-23-34/h1-20,29-37H,21-28H2. The van der Waals surface area contributed by atoms with Gasteiger partial charge in [-0.15, -0.1) is 0 Å². The Morgan fingerprint density at radius 3 is 1.66 bits per heavy atom. The lowest BCUT2D eigenvalue weighted by Gasteiger charge is -2.45. The fraction of sp³-hybridized carbons (Fsp3) is 0.250. The van der Waals surface area contributed by atoms with Crippen LogP contribution >= 0.6 is 0 Å². The number of benzene rings is 7. The molecule has 0 radical (unpaired) electrons. The van der Waals surface area contributed by atoms with Crippen LogP contribution in [-0.2, 0) is 10.8 Å². The summed E-state index contributed by atoms with van der Waals surface area (Å²) in [5.74, 6) is 2.97. The van der Waals surface area contributed by atoms with Gasteiger partial charge >= 0.3 is 0 Å². The van der Waals surface area contributed by atoms with Gasteiger partial charge in [0, 0.05) is 50.5 Å². The van der Waals surface area contributed by atoms with Crippen LogP contribution < -0.4 is 26.2 Å².